The summed E-state index contributed by atoms with van der Waals surface area (Å²) in [5.41, 5.74) is 0. The fourth-order valence-corrected chi connectivity index (χ4v) is 4.89. The maximum absolute atomic E-state index is 11.9. The van der Waals surface area contributed by atoms with Crippen molar-refractivity contribution >= 4 is 11.9 Å². The third-order valence-corrected chi connectivity index (χ3v) is 7.96. The zero-order valence-electron chi connectivity index (χ0n) is 26.2. The van der Waals surface area contributed by atoms with Crippen LogP contribution in [0.15, 0.2) is 12.2 Å². The van der Waals surface area contributed by atoms with Crippen LogP contribution in [-0.2, 0) is 23.8 Å². The Morgan fingerprint density at radius 3 is 1.93 bits per heavy atom. The lowest BCUT2D eigenvalue weighted by atomic mass is 10.00. The zero-order valence-corrected chi connectivity index (χ0v) is 26.2. The molecule has 1 aliphatic rings. The number of allylic oxidation sites excluding steroid dienone is 1. The fraction of sp³-hybridized carbons (Fsp3) is 0.882. The number of hydrogen-bond donors (Lipinski definition) is 1. The highest BCUT2D eigenvalue weighted by atomic mass is 16.6. The molecule has 0 aromatic carbocycles. The van der Waals surface area contributed by atoms with Crippen LogP contribution >= 0.6 is 0 Å². The van der Waals surface area contributed by atoms with Gasteiger partial charge in [-0.05, 0) is 44.4 Å². The first-order valence-electron chi connectivity index (χ1n) is 16.8. The molecule has 0 saturated carbocycles. The summed E-state index contributed by atoms with van der Waals surface area (Å²) >= 11 is 0. The zero-order chi connectivity index (χ0) is 29.3. The van der Waals surface area contributed by atoms with Gasteiger partial charge in [0.1, 0.15) is 19.3 Å². The normalized spacial score (nSPS) is 18.1. The molecule has 6 heteroatoms. The summed E-state index contributed by atoms with van der Waals surface area (Å²) < 4.78 is 16.0. The molecule has 0 spiro atoms. The van der Waals surface area contributed by atoms with Crippen molar-refractivity contribution in [2.75, 3.05) is 13.2 Å². The molecule has 0 radical (unpaired) electrons. The Bertz CT molecular complexity index is 648. The Morgan fingerprint density at radius 2 is 1.32 bits per heavy atom. The maximum Gasteiger partial charge on any atom is 0.305 e. The predicted octanol–water partition coefficient (Wildman–Crippen LogP) is 8.63. The monoisotopic (exact) mass is 566 g/mol. The number of aliphatic hydroxyl groups is 1. The third kappa shape index (κ3) is 22.3. The van der Waals surface area contributed by atoms with E-state index in [0.29, 0.717) is 25.0 Å². The maximum atomic E-state index is 11.9. The van der Waals surface area contributed by atoms with Crippen molar-refractivity contribution in [3.05, 3.63) is 12.2 Å². The fourth-order valence-electron chi connectivity index (χ4n) is 4.89. The van der Waals surface area contributed by atoms with Gasteiger partial charge in [0.15, 0.2) is 0 Å². The molecule has 4 atom stereocenters. The number of ether oxygens (including phenoxy) is 3. The van der Waals surface area contributed by atoms with Gasteiger partial charge < -0.3 is 19.3 Å². The van der Waals surface area contributed by atoms with Crippen molar-refractivity contribution in [3.63, 3.8) is 0 Å². The van der Waals surface area contributed by atoms with Crippen LogP contribution in [0.3, 0.4) is 0 Å². The van der Waals surface area contributed by atoms with Crippen LogP contribution in [0.4, 0.5) is 0 Å². The Morgan fingerprint density at radius 1 is 0.750 bits per heavy atom. The van der Waals surface area contributed by atoms with Crippen LogP contribution in [0.1, 0.15) is 156 Å². The van der Waals surface area contributed by atoms with Gasteiger partial charge in [-0.1, -0.05) is 116 Å². The number of aliphatic hydroxyl groups excluding tert-OH is 1. The summed E-state index contributed by atoms with van der Waals surface area (Å²) in [5, 5.41) is 9.96. The number of carbonyl (C=O) groups excluding carboxylic acids is 2. The van der Waals surface area contributed by atoms with Crippen LogP contribution < -0.4 is 0 Å². The average molecular weight is 567 g/mol. The van der Waals surface area contributed by atoms with E-state index in [1.54, 1.807) is 0 Å². The third-order valence-electron chi connectivity index (χ3n) is 7.96. The Labute approximate surface area is 246 Å². The highest BCUT2D eigenvalue weighted by molar-refractivity contribution is 5.69. The summed E-state index contributed by atoms with van der Waals surface area (Å²) in [5.74, 6) is 0.236. The minimum atomic E-state index is -0.969. The number of epoxide rings is 1. The quantitative estimate of drug-likeness (QED) is 0.0441. The van der Waals surface area contributed by atoms with Crippen molar-refractivity contribution in [1.82, 2.24) is 0 Å². The van der Waals surface area contributed by atoms with E-state index in [2.05, 4.69) is 32.9 Å². The lowest BCUT2D eigenvalue weighted by Crippen LogP contribution is -2.25. The number of esters is 2. The highest BCUT2D eigenvalue weighted by Gasteiger charge is 2.36. The second-order valence-corrected chi connectivity index (χ2v) is 11.9. The van der Waals surface area contributed by atoms with Gasteiger partial charge in [0.25, 0.3) is 0 Å². The van der Waals surface area contributed by atoms with Crippen molar-refractivity contribution in [2.24, 2.45) is 5.92 Å². The van der Waals surface area contributed by atoms with E-state index in [9.17, 15) is 14.7 Å². The summed E-state index contributed by atoms with van der Waals surface area (Å²) in [4.78, 5) is 23.8. The first kappa shape index (κ1) is 36.6. The minimum Gasteiger partial charge on any atom is -0.463 e. The van der Waals surface area contributed by atoms with Crippen LogP contribution in [0.5, 0.6) is 0 Å². The van der Waals surface area contributed by atoms with Gasteiger partial charge in [-0.2, -0.15) is 0 Å². The Balaban J connectivity index is 1.86. The number of rotatable bonds is 28. The lowest BCUT2D eigenvalue weighted by molar-refractivity contribution is -0.152. The molecular weight excluding hydrogens is 504 g/mol. The van der Waals surface area contributed by atoms with E-state index in [1.165, 1.54) is 64.2 Å². The largest absolute Gasteiger partial charge is 0.463 e. The molecule has 234 valence electrons. The Hall–Kier alpha value is -1.40. The predicted molar refractivity (Wildman–Crippen MR) is 163 cm³/mol. The molecular formula is C34H62O6. The molecule has 0 amide bonds. The van der Waals surface area contributed by atoms with Gasteiger partial charge in [0.2, 0.25) is 0 Å². The van der Waals surface area contributed by atoms with E-state index in [0.717, 1.165) is 63.7 Å². The summed E-state index contributed by atoms with van der Waals surface area (Å²) in [6.45, 7) is 6.54. The molecule has 1 saturated heterocycles. The van der Waals surface area contributed by atoms with Crippen LogP contribution in [0, 0.1) is 5.92 Å². The number of carbonyl (C=O) groups is 2. The molecule has 1 rings (SSSR count). The molecule has 6 nitrogen and oxygen atoms in total. The first-order valence-corrected chi connectivity index (χ1v) is 16.8. The van der Waals surface area contributed by atoms with E-state index in [-0.39, 0.29) is 25.2 Å². The molecule has 0 bridgehead atoms. The molecule has 1 heterocycles. The van der Waals surface area contributed by atoms with Gasteiger partial charge in [0, 0.05) is 12.8 Å². The van der Waals surface area contributed by atoms with E-state index >= 15 is 0 Å². The van der Waals surface area contributed by atoms with Gasteiger partial charge in [-0.3, -0.25) is 9.59 Å². The minimum absolute atomic E-state index is 0.122. The Kier molecular flexibility index (Phi) is 23.2. The molecule has 0 aromatic rings. The molecule has 0 aromatic heterocycles. The molecule has 3 unspecified atom stereocenters. The highest BCUT2D eigenvalue weighted by Crippen LogP contribution is 2.30. The van der Waals surface area contributed by atoms with Gasteiger partial charge in [0.05, 0.1) is 12.2 Å². The van der Waals surface area contributed by atoms with Crippen LogP contribution in [-0.4, -0.2) is 48.6 Å². The average Bonchev–Trinajstić information content (AvgIpc) is 3.71. The molecule has 1 N–H and O–H groups in total. The lowest BCUT2D eigenvalue weighted by Gasteiger charge is -2.12. The van der Waals surface area contributed by atoms with Gasteiger partial charge in [-0.25, -0.2) is 0 Å². The van der Waals surface area contributed by atoms with Crippen molar-refractivity contribution in [3.8, 4) is 0 Å². The second kappa shape index (κ2) is 25.3. The van der Waals surface area contributed by atoms with Crippen LogP contribution in [0.2, 0.25) is 0 Å². The van der Waals surface area contributed by atoms with Gasteiger partial charge >= 0.3 is 11.9 Å². The summed E-state index contributed by atoms with van der Waals surface area (Å²) in [6.07, 6.45) is 27.1. The standard InChI is InChI=1S/C34H62O6/c1-4-6-7-8-13-18-23-31-32(40-31)24-19-14-11-16-21-26-34(37)39-28-30(35)27-38-33(36)25-20-15-10-9-12-17-22-29(3)5-2/h13,18,29-32,35H,4-12,14-17,19-28H2,1-3H3/b18-13-/t29?,30-,31?,32?/m0/s1. The SMILES string of the molecule is CCCCC/C=C\CC1OC1CCCCCCCC(=O)OC[C@@H](O)COC(=O)CCCCCCCCC(C)CC. The molecule has 1 aliphatic heterocycles. The smallest absolute Gasteiger partial charge is 0.305 e. The number of hydrogen-bond acceptors (Lipinski definition) is 6. The second-order valence-electron chi connectivity index (χ2n) is 11.9. The topological polar surface area (TPSA) is 85.4 Å². The van der Waals surface area contributed by atoms with Crippen molar-refractivity contribution < 1.29 is 28.9 Å². The molecule has 40 heavy (non-hydrogen) atoms. The first-order chi connectivity index (χ1) is 19.5. The van der Waals surface area contributed by atoms with Crippen molar-refractivity contribution in [2.45, 2.75) is 174 Å². The number of unbranched alkanes of at least 4 members (excludes halogenated alkanes) is 12. The van der Waals surface area contributed by atoms with Crippen LogP contribution in [0.25, 0.3) is 0 Å². The molecule has 1 fully saturated rings. The van der Waals surface area contributed by atoms with E-state index in [4.69, 9.17) is 14.2 Å². The molecule has 0 aliphatic carbocycles. The summed E-state index contributed by atoms with van der Waals surface area (Å²) in [7, 11) is 0. The van der Waals surface area contributed by atoms with Gasteiger partial charge in [-0.15, -0.1) is 0 Å². The summed E-state index contributed by atoms with van der Waals surface area (Å²) in [6, 6.07) is 0. The van der Waals surface area contributed by atoms with E-state index < -0.39 is 6.10 Å². The van der Waals surface area contributed by atoms with Crippen molar-refractivity contribution in [1.29, 1.82) is 0 Å². The van der Waals surface area contributed by atoms with E-state index in [1.807, 2.05) is 0 Å².